The highest BCUT2D eigenvalue weighted by atomic mass is 79.9. The Kier molecular flexibility index (Phi) is 7.80. The summed E-state index contributed by atoms with van der Waals surface area (Å²) in [7, 11) is -1.91. The SMILES string of the molecule is COc1ccc(C2=C(C#N)C(=O)N(C3CCS(=O)(=O)C3)C(=O)/C2=C\c2cn(-c3ccccc3)nc2-c2ccc(Br)cc2)cc1. The molecular formula is C33H25BrN4O5S. The maximum Gasteiger partial charge on any atom is 0.272 e. The van der Waals surface area contributed by atoms with E-state index in [-0.39, 0.29) is 34.6 Å². The molecule has 3 aromatic carbocycles. The number of hydrogen-bond donors (Lipinski definition) is 0. The second-order valence-corrected chi connectivity index (χ2v) is 13.5. The number of halogens is 1. The second kappa shape index (κ2) is 11.7. The molecule has 220 valence electrons. The van der Waals surface area contributed by atoms with Crippen molar-refractivity contribution >= 4 is 49.2 Å². The molecule has 44 heavy (non-hydrogen) atoms. The zero-order valence-electron chi connectivity index (χ0n) is 23.5. The van der Waals surface area contributed by atoms with Crippen LogP contribution in [0.5, 0.6) is 5.75 Å². The zero-order chi connectivity index (χ0) is 31.0. The van der Waals surface area contributed by atoms with E-state index in [1.807, 2.05) is 60.7 Å². The number of para-hydroxylation sites is 1. The van der Waals surface area contributed by atoms with Crippen LogP contribution in [0.3, 0.4) is 0 Å². The molecule has 0 bridgehead atoms. The number of rotatable bonds is 6. The fourth-order valence-corrected chi connectivity index (χ4v) is 7.45. The van der Waals surface area contributed by atoms with E-state index in [1.165, 1.54) is 7.11 Å². The van der Waals surface area contributed by atoms with Gasteiger partial charge in [-0.05, 0) is 54.5 Å². The summed E-state index contributed by atoms with van der Waals surface area (Å²) in [5, 5.41) is 15.1. The van der Waals surface area contributed by atoms with Gasteiger partial charge in [0.2, 0.25) is 0 Å². The first-order valence-corrected chi connectivity index (χ1v) is 16.3. The van der Waals surface area contributed by atoms with E-state index in [9.17, 15) is 23.3 Å². The average molecular weight is 670 g/mol. The van der Waals surface area contributed by atoms with E-state index in [4.69, 9.17) is 9.84 Å². The maximum atomic E-state index is 14.3. The molecule has 1 saturated heterocycles. The Labute approximate surface area is 262 Å². The van der Waals surface area contributed by atoms with Crippen LogP contribution in [0.25, 0.3) is 28.6 Å². The number of hydrogen-bond acceptors (Lipinski definition) is 7. The number of carbonyl (C=O) groups is 2. The molecule has 1 unspecified atom stereocenters. The minimum absolute atomic E-state index is 0.0848. The summed E-state index contributed by atoms with van der Waals surface area (Å²) >= 11 is 3.47. The van der Waals surface area contributed by atoms with Crippen molar-refractivity contribution < 1.29 is 22.7 Å². The molecule has 1 atom stereocenters. The highest BCUT2D eigenvalue weighted by Gasteiger charge is 2.45. The summed E-state index contributed by atoms with van der Waals surface area (Å²) in [5.74, 6) is -1.40. The molecule has 0 spiro atoms. The third-order valence-electron chi connectivity index (χ3n) is 7.65. The molecule has 2 aliphatic heterocycles. The van der Waals surface area contributed by atoms with E-state index in [0.29, 0.717) is 22.6 Å². The van der Waals surface area contributed by atoms with Crippen molar-refractivity contribution in [2.45, 2.75) is 12.5 Å². The molecular weight excluding hydrogens is 644 g/mol. The van der Waals surface area contributed by atoms with Gasteiger partial charge >= 0.3 is 0 Å². The largest absolute Gasteiger partial charge is 0.497 e. The molecule has 0 N–H and O–H groups in total. The Balaban J connectivity index is 1.59. The van der Waals surface area contributed by atoms with Crippen LogP contribution < -0.4 is 4.74 Å². The van der Waals surface area contributed by atoms with Crippen LogP contribution in [-0.4, -0.2) is 59.6 Å². The van der Waals surface area contributed by atoms with Crippen LogP contribution in [-0.2, 0) is 19.4 Å². The van der Waals surface area contributed by atoms with Gasteiger partial charge in [-0.2, -0.15) is 10.4 Å². The Bertz CT molecular complexity index is 1990. The number of imide groups is 1. The molecule has 0 aliphatic carbocycles. The van der Waals surface area contributed by atoms with Crippen LogP contribution in [0.4, 0.5) is 0 Å². The molecule has 0 saturated carbocycles. The summed E-state index contributed by atoms with van der Waals surface area (Å²) in [6.07, 6.45) is 3.52. The lowest BCUT2D eigenvalue weighted by molar-refractivity contribution is -0.142. The minimum atomic E-state index is -3.43. The average Bonchev–Trinajstić information content (AvgIpc) is 3.62. The van der Waals surface area contributed by atoms with Crippen molar-refractivity contribution in [2.75, 3.05) is 18.6 Å². The summed E-state index contributed by atoms with van der Waals surface area (Å²) in [6, 6.07) is 24.9. The summed E-state index contributed by atoms with van der Waals surface area (Å²) < 4.78 is 32.6. The Hall–Kier alpha value is -4.79. The van der Waals surface area contributed by atoms with Crippen molar-refractivity contribution in [3.63, 3.8) is 0 Å². The second-order valence-electron chi connectivity index (χ2n) is 10.4. The maximum absolute atomic E-state index is 14.3. The van der Waals surface area contributed by atoms with Gasteiger partial charge in [0.1, 0.15) is 17.4 Å². The van der Waals surface area contributed by atoms with Crippen LogP contribution in [0.1, 0.15) is 17.5 Å². The topological polar surface area (TPSA) is 122 Å². The molecule has 2 amide bonds. The summed E-state index contributed by atoms with van der Waals surface area (Å²) in [6.45, 7) is 0. The minimum Gasteiger partial charge on any atom is -0.497 e. The fourth-order valence-electron chi connectivity index (χ4n) is 5.49. The molecule has 1 fully saturated rings. The van der Waals surface area contributed by atoms with E-state index in [0.717, 1.165) is 20.6 Å². The number of nitrogens with zero attached hydrogens (tertiary/aromatic N) is 4. The lowest BCUT2D eigenvalue weighted by Crippen LogP contribution is -2.49. The third kappa shape index (κ3) is 5.50. The highest BCUT2D eigenvalue weighted by Crippen LogP contribution is 2.39. The van der Waals surface area contributed by atoms with Crippen molar-refractivity contribution in [3.8, 4) is 28.8 Å². The van der Waals surface area contributed by atoms with Gasteiger partial charge < -0.3 is 4.74 Å². The van der Waals surface area contributed by atoms with Gasteiger partial charge in [-0.1, -0.05) is 58.4 Å². The molecule has 11 heteroatoms. The van der Waals surface area contributed by atoms with Crippen molar-refractivity contribution in [1.29, 1.82) is 5.26 Å². The molecule has 2 aliphatic rings. The number of sulfone groups is 1. The van der Waals surface area contributed by atoms with Crippen LogP contribution in [0.15, 0.2) is 101 Å². The lowest BCUT2D eigenvalue weighted by atomic mass is 9.86. The first-order chi connectivity index (χ1) is 21.2. The van der Waals surface area contributed by atoms with Gasteiger partial charge in [0, 0.05) is 27.4 Å². The summed E-state index contributed by atoms with van der Waals surface area (Å²) in [4.78, 5) is 29.0. The smallest absolute Gasteiger partial charge is 0.272 e. The first kappa shape index (κ1) is 29.3. The zero-order valence-corrected chi connectivity index (χ0v) is 25.9. The van der Waals surface area contributed by atoms with Crippen molar-refractivity contribution in [3.05, 3.63) is 112 Å². The molecule has 9 nitrogen and oxygen atoms in total. The van der Waals surface area contributed by atoms with Gasteiger partial charge in [0.15, 0.2) is 9.84 Å². The summed E-state index contributed by atoms with van der Waals surface area (Å²) in [5.41, 5.74) is 3.18. The van der Waals surface area contributed by atoms with Crippen LogP contribution >= 0.6 is 15.9 Å². The van der Waals surface area contributed by atoms with E-state index >= 15 is 0 Å². The van der Waals surface area contributed by atoms with E-state index < -0.39 is 27.7 Å². The predicted molar refractivity (Wildman–Crippen MR) is 169 cm³/mol. The Morgan fingerprint density at radius 3 is 2.27 bits per heavy atom. The van der Waals surface area contributed by atoms with Gasteiger partial charge in [0.25, 0.3) is 11.8 Å². The van der Waals surface area contributed by atoms with Crippen LogP contribution in [0, 0.1) is 11.3 Å². The number of nitriles is 1. The van der Waals surface area contributed by atoms with E-state index in [1.54, 1.807) is 41.2 Å². The Morgan fingerprint density at radius 1 is 0.977 bits per heavy atom. The molecule has 1 aromatic heterocycles. The van der Waals surface area contributed by atoms with Gasteiger partial charge in [0.05, 0.1) is 41.6 Å². The number of amides is 2. The molecule has 6 rings (SSSR count). The normalized spacial score (nSPS) is 19.0. The molecule has 4 aromatic rings. The van der Waals surface area contributed by atoms with Gasteiger partial charge in [-0.25, -0.2) is 13.1 Å². The van der Waals surface area contributed by atoms with Gasteiger partial charge in [-0.15, -0.1) is 0 Å². The molecule has 3 heterocycles. The van der Waals surface area contributed by atoms with Gasteiger partial charge in [-0.3, -0.25) is 14.5 Å². The molecule has 0 radical (unpaired) electrons. The van der Waals surface area contributed by atoms with Crippen molar-refractivity contribution in [2.24, 2.45) is 0 Å². The third-order valence-corrected chi connectivity index (χ3v) is 9.93. The number of carbonyl (C=O) groups excluding carboxylic acids is 2. The lowest BCUT2D eigenvalue weighted by Gasteiger charge is -2.32. The standard InChI is InChI=1S/C33H25BrN4O5S/c1-43-27-13-9-21(10-14-27)30-28(32(39)38(33(40)29(30)18-35)26-15-16-44(41,42)20-26)17-23-19-37(25-5-3-2-4-6-25)36-31(23)22-7-11-24(34)12-8-22/h2-14,17,19,26H,15-16,20H2,1H3/b28-17-. The van der Waals surface area contributed by atoms with E-state index in [2.05, 4.69) is 15.9 Å². The number of methoxy groups -OCH3 is 1. The Morgan fingerprint density at radius 2 is 1.66 bits per heavy atom. The van der Waals surface area contributed by atoms with Crippen LogP contribution in [0.2, 0.25) is 0 Å². The van der Waals surface area contributed by atoms with Crippen molar-refractivity contribution in [1.82, 2.24) is 14.7 Å². The number of benzene rings is 3. The first-order valence-electron chi connectivity index (χ1n) is 13.7. The monoisotopic (exact) mass is 668 g/mol. The number of ether oxygens (including phenoxy) is 1. The fraction of sp³-hybridized carbons (Fsp3) is 0.152. The predicted octanol–water partition coefficient (Wildman–Crippen LogP) is 5.23. The highest BCUT2D eigenvalue weighted by molar-refractivity contribution is 9.10. The quantitative estimate of drug-likeness (QED) is 0.204. The number of aromatic nitrogens is 2.